The molecule has 0 atom stereocenters. The summed E-state index contributed by atoms with van der Waals surface area (Å²) < 4.78 is 20.6. The Bertz CT molecular complexity index is 2100. The monoisotopic (exact) mass is 631 g/mol. The number of methoxy groups -OCH3 is 1. The van der Waals surface area contributed by atoms with E-state index in [1.807, 2.05) is 95.8 Å². The first-order chi connectivity index (χ1) is 22.6. The van der Waals surface area contributed by atoms with Gasteiger partial charge in [0.2, 0.25) is 4.96 Å². The van der Waals surface area contributed by atoms with E-state index in [1.165, 1.54) is 15.9 Å². The quantitative estimate of drug-likeness (QED) is 0.107. The molecular formula is C36H33N5O4S. The average molecular weight is 632 g/mol. The number of aromatic nitrogens is 5. The first-order valence-corrected chi connectivity index (χ1v) is 15.8. The van der Waals surface area contributed by atoms with Crippen molar-refractivity contribution in [3.63, 3.8) is 0 Å². The van der Waals surface area contributed by atoms with Gasteiger partial charge in [0.1, 0.15) is 18.1 Å². The van der Waals surface area contributed by atoms with Crippen LogP contribution in [-0.2, 0) is 0 Å². The molecule has 0 bridgehead atoms. The second-order valence-corrected chi connectivity index (χ2v) is 11.4. The molecule has 0 fully saturated rings. The lowest BCUT2D eigenvalue weighted by Gasteiger charge is -2.09. The van der Waals surface area contributed by atoms with Crippen molar-refractivity contribution in [1.29, 1.82) is 0 Å². The van der Waals surface area contributed by atoms with E-state index < -0.39 is 0 Å². The third-order valence-electron chi connectivity index (χ3n) is 7.11. The van der Waals surface area contributed by atoms with Gasteiger partial charge in [-0.2, -0.15) is 14.6 Å². The molecule has 10 heteroatoms. The van der Waals surface area contributed by atoms with Crippen molar-refractivity contribution in [2.24, 2.45) is 0 Å². The van der Waals surface area contributed by atoms with Gasteiger partial charge in [0, 0.05) is 17.3 Å². The summed E-state index contributed by atoms with van der Waals surface area (Å²) in [5.74, 6) is 2.48. The molecule has 46 heavy (non-hydrogen) atoms. The minimum Gasteiger partial charge on any atom is -0.494 e. The zero-order chi connectivity index (χ0) is 31.9. The lowest BCUT2D eigenvalue weighted by Crippen LogP contribution is -2.23. The van der Waals surface area contributed by atoms with E-state index in [0.717, 1.165) is 46.7 Å². The number of rotatable bonds is 13. The summed E-state index contributed by atoms with van der Waals surface area (Å²) in [6.45, 7) is 6.88. The highest BCUT2D eigenvalue weighted by Gasteiger charge is 2.14. The Morgan fingerprint density at radius 2 is 1.78 bits per heavy atom. The van der Waals surface area contributed by atoms with Gasteiger partial charge < -0.3 is 14.2 Å². The molecular weight excluding hydrogens is 598 g/mol. The number of para-hydroxylation sites is 1. The Hall–Kier alpha value is -5.48. The van der Waals surface area contributed by atoms with E-state index in [1.54, 1.807) is 19.3 Å². The van der Waals surface area contributed by atoms with Crippen LogP contribution >= 0.6 is 11.3 Å². The molecule has 232 valence electrons. The minimum atomic E-state index is -0.240. The fraction of sp³-hybridized carbons (Fsp3) is 0.167. The topological polar surface area (TPSA) is 92.8 Å². The molecule has 0 N–H and O–H groups in total. The van der Waals surface area contributed by atoms with Crippen molar-refractivity contribution in [2.45, 2.75) is 19.8 Å². The molecule has 0 unspecified atom stereocenters. The molecule has 0 saturated heterocycles. The highest BCUT2D eigenvalue weighted by Crippen LogP contribution is 2.29. The van der Waals surface area contributed by atoms with Gasteiger partial charge in [0.25, 0.3) is 5.56 Å². The summed E-state index contributed by atoms with van der Waals surface area (Å²) in [4.78, 5) is 18.6. The van der Waals surface area contributed by atoms with Crippen LogP contribution in [-0.4, -0.2) is 44.7 Å². The van der Waals surface area contributed by atoms with Gasteiger partial charge in [-0.3, -0.25) is 4.79 Å². The van der Waals surface area contributed by atoms with Crippen LogP contribution in [0.5, 0.6) is 17.2 Å². The van der Waals surface area contributed by atoms with Crippen LogP contribution in [0, 0.1) is 0 Å². The van der Waals surface area contributed by atoms with Gasteiger partial charge in [-0.15, -0.1) is 5.10 Å². The zero-order valence-electron chi connectivity index (χ0n) is 25.6. The molecule has 0 saturated carbocycles. The molecule has 9 nitrogen and oxygen atoms in total. The summed E-state index contributed by atoms with van der Waals surface area (Å²) >= 11 is 1.29. The third-order valence-corrected chi connectivity index (χ3v) is 8.07. The van der Waals surface area contributed by atoms with E-state index in [2.05, 4.69) is 23.6 Å². The zero-order valence-corrected chi connectivity index (χ0v) is 26.4. The molecule has 6 aromatic rings. The maximum absolute atomic E-state index is 13.5. The molecule has 6 rings (SSSR count). The first-order valence-electron chi connectivity index (χ1n) is 15.0. The second-order valence-electron chi connectivity index (χ2n) is 10.4. The lowest BCUT2D eigenvalue weighted by molar-refractivity contribution is 0.309. The molecule has 3 heterocycles. The molecule has 0 amide bonds. The number of hydrogen-bond donors (Lipinski definition) is 0. The van der Waals surface area contributed by atoms with Crippen LogP contribution in [0.3, 0.4) is 0 Å². The van der Waals surface area contributed by atoms with Crippen LogP contribution < -0.4 is 24.3 Å². The minimum absolute atomic E-state index is 0.240. The van der Waals surface area contributed by atoms with Gasteiger partial charge in [-0.1, -0.05) is 67.7 Å². The number of hydrogen-bond acceptors (Lipinski definition) is 8. The predicted octanol–water partition coefficient (Wildman–Crippen LogP) is 6.47. The molecule has 0 aliphatic heterocycles. The number of ether oxygens (including phenoxy) is 3. The molecule has 0 spiro atoms. The fourth-order valence-electron chi connectivity index (χ4n) is 4.76. The summed E-state index contributed by atoms with van der Waals surface area (Å²) in [7, 11) is 1.59. The highest BCUT2D eigenvalue weighted by molar-refractivity contribution is 7.15. The van der Waals surface area contributed by atoms with Crippen LogP contribution in [0.1, 0.15) is 36.7 Å². The number of benzene rings is 3. The van der Waals surface area contributed by atoms with Crippen molar-refractivity contribution in [3.8, 4) is 34.2 Å². The first kappa shape index (κ1) is 30.5. The van der Waals surface area contributed by atoms with Gasteiger partial charge >= 0.3 is 0 Å². The Morgan fingerprint density at radius 1 is 0.957 bits per heavy atom. The summed E-state index contributed by atoms with van der Waals surface area (Å²) in [6.07, 6.45) is 11.2. The Kier molecular flexibility index (Phi) is 9.35. The predicted molar refractivity (Wildman–Crippen MR) is 183 cm³/mol. The van der Waals surface area contributed by atoms with Crippen molar-refractivity contribution in [3.05, 3.63) is 123 Å². The van der Waals surface area contributed by atoms with E-state index >= 15 is 0 Å². The van der Waals surface area contributed by atoms with Crippen LogP contribution in [0.2, 0.25) is 0 Å². The maximum atomic E-state index is 13.5. The van der Waals surface area contributed by atoms with Gasteiger partial charge in [-0.25, -0.2) is 4.68 Å². The van der Waals surface area contributed by atoms with Gasteiger partial charge in [-0.05, 0) is 72.7 Å². The maximum Gasteiger partial charge on any atom is 0.291 e. The van der Waals surface area contributed by atoms with Crippen LogP contribution in [0.25, 0.3) is 40.1 Å². The Labute approximate surface area is 270 Å². The number of thiazole rings is 1. The summed E-state index contributed by atoms with van der Waals surface area (Å²) in [5.41, 5.74) is 4.03. The van der Waals surface area contributed by atoms with Gasteiger partial charge in [0.05, 0.1) is 23.9 Å². The van der Waals surface area contributed by atoms with Crippen LogP contribution in [0.4, 0.5) is 0 Å². The fourth-order valence-corrected chi connectivity index (χ4v) is 5.67. The smallest absolute Gasteiger partial charge is 0.291 e. The second kappa shape index (κ2) is 14.1. The molecule has 0 aliphatic carbocycles. The van der Waals surface area contributed by atoms with E-state index in [4.69, 9.17) is 19.3 Å². The molecule has 0 aliphatic rings. The van der Waals surface area contributed by atoms with Crippen molar-refractivity contribution < 1.29 is 14.2 Å². The normalized spacial score (nSPS) is 11.8. The van der Waals surface area contributed by atoms with E-state index in [0.29, 0.717) is 40.0 Å². The average Bonchev–Trinajstić information content (AvgIpc) is 3.78. The summed E-state index contributed by atoms with van der Waals surface area (Å²) in [5, 5.41) is 9.36. The van der Waals surface area contributed by atoms with Crippen molar-refractivity contribution in [1.82, 2.24) is 24.4 Å². The lowest BCUT2D eigenvalue weighted by atomic mass is 10.1. The highest BCUT2D eigenvalue weighted by atomic mass is 32.1. The number of nitrogens with zero attached hydrogens (tertiary/aromatic N) is 5. The molecule has 3 aromatic heterocycles. The number of fused-ring (bicyclic) bond motifs is 1. The van der Waals surface area contributed by atoms with Crippen LogP contribution in [0.15, 0.2) is 96.4 Å². The van der Waals surface area contributed by atoms with E-state index in [9.17, 15) is 4.79 Å². The molecule has 0 radical (unpaired) electrons. The Morgan fingerprint density at radius 3 is 2.52 bits per heavy atom. The Balaban J connectivity index is 1.30. The van der Waals surface area contributed by atoms with Crippen molar-refractivity contribution >= 4 is 34.5 Å². The number of unbranched alkanes of at least 4 members (excludes halogenated alkanes) is 1. The van der Waals surface area contributed by atoms with Gasteiger partial charge in [0.15, 0.2) is 17.3 Å². The van der Waals surface area contributed by atoms with Crippen molar-refractivity contribution in [2.75, 3.05) is 20.3 Å². The third kappa shape index (κ3) is 6.77. The summed E-state index contributed by atoms with van der Waals surface area (Å²) in [6, 6.07) is 23.4. The standard InChI is InChI=1S/C36H33N5O4S/c1-4-6-21-44-29-16-14-26(15-17-29)34-27(24-40(39-34)28-10-8-7-9-11-28)23-32-35(42)41-36(46-32)37-33(38-41)19-13-25-12-18-30(45-20-5-2)31(22-25)43-3/h5,7-19,22-24H,2,4,6,20-21H2,1,3H3/b19-13+,32-23-. The van der Waals surface area contributed by atoms with E-state index in [-0.39, 0.29) is 5.56 Å². The SMILES string of the molecule is C=CCOc1ccc(/C=C/c2nc3s/c(=C\c4cn(-c5ccccc5)nc4-c4ccc(OCCCC)cc4)c(=O)n3n2)cc1OC. The molecule has 3 aromatic carbocycles. The largest absolute Gasteiger partial charge is 0.494 e.